The third-order valence-electron chi connectivity index (χ3n) is 1.45. The quantitative estimate of drug-likeness (QED) is 0.804. The molecule has 74 valence electrons. The van der Waals surface area contributed by atoms with Crippen LogP contribution in [0.4, 0.5) is 0 Å². The number of carboxylic acids is 1. The van der Waals surface area contributed by atoms with Gasteiger partial charge in [0, 0.05) is 11.6 Å². The maximum atomic E-state index is 11.1. The van der Waals surface area contributed by atoms with E-state index >= 15 is 0 Å². The van der Waals surface area contributed by atoms with Gasteiger partial charge in [-0.15, -0.1) is 0 Å². The summed E-state index contributed by atoms with van der Waals surface area (Å²) in [5.74, 6) is -1.17. The Kier molecular flexibility index (Phi) is 3.41. The second kappa shape index (κ2) is 4.57. The molecule has 0 amide bonds. The lowest BCUT2D eigenvalue weighted by atomic mass is 10.4. The van der Waals surface area contributed by atoms with E-state index in [0.717, 1.165) is 16.8 Å². The summed E-state index contributed by atoms with van der Waals surface area (Å²) in [6.07, 6.45) is 1.49. The molecule has 0 spiro atoms. The van der Waals surface area contributed by atoms with Gasteiger partial charge in [-0.05, 0) is 6.07 Å². The van der Waals surface area contributed by atoms with Crippen molar-refractivity contribution in [2.75, 3.05) is 0 Å². The van der Waals surface area contributed by atoms with Gasteiger partial charge in [-0.1, -0.05) is 17.7 Å². The third-order valence-corrected chi connectivity index (χ3v) is 1.63. The van der Waals surface area contributed by atoms with E-state index in [0.29, 0.717) is 0 Å². The molecule has 6 heteroatoms. The van der Waals surface area contributed by atoms with Gasteiger partial charge in [-0.2, -0.15) is 5.10 Å². The summed E-state index contributed by atoms with van der Waals surface area (Å²) >= 11 is 5.27. The van der Waals surface area contributed by atoms with E-state index in [9.17, 15) is 9.59 Å². The molecule has 0 saturated heterocycles. The summed E-state index contributed by atoms with van der Waals surface area (Å²) in [6, 6.07) is 2.31. The first-order chi connectivity index (χ1) is 6.65. The number of allylic oxidation sites excluding steroid dienone is 1. The smallest absolute Gasteiger partial charge is 0.356 e. The Morgan fingerprint density at radius 3 is 2.93 bits per heavy atom. The van der Waals surface area contributed by atoms with Crippen molar-refractivity contribution in [1.29, 1.82) is 0 Å². The molecule has 1 N–H and O–H groups in total. The van der Waals surface area contributed by atoms with Crippen molar-refractivity contribution in [3.63, 3.8) is 0 Å². The SMILES string of the molecule is O=C(O)c1ccc(=O)n(C/C=C/Cl)n1. The molecular weight excluding hydrogens is 208 g/mol. The Labute approximate surface area is 84.2 Å². The highest BCUT2D eigenvalue weighted by molar-refractivity contribution is 6.25. The van der Waals surface area contributed by atoms with Gasteiger partial charge < -0.3 is 5.11 Å². The van der Waals surface area contributed by atoms with E-state index < -0.39 is 5.97 Å². The van der Waals surface area contributed by atoms with E-state index in [1.165, 1.54) is 11.6 Å². The molecule has 0 aliphatic heterocycles. The fourth-order valence-corrected chi connectivity index (χ4v) is 0.913. The van der Waals surface area contributed by atoms with Crippen molar-refractivity contribution in [2.24, 2.45) is 0 Å². The number of hydrogen-bond acceptors (Lipinski definition) is 3. The lowest BCUT2D eigenvalue weighted by Gasteiger charge is -2.00. The number of halogens is 1. The van der Waals surface area contributed by atoms with Crippen LogP contribution >= 0.6 is 11.6 Å². The molecule has 1 aromatic rings. The molecule has 1 heterocycles. The summed E-state index contributed by atoms with van der Waals surface area (Å²) in [6.45, 7) is 0.156. The van der Waals surface area contributed by atoms with Crippen LogP contribution in [0.25, 0.3) is 0 Å². The van der Waals surface area contributed by atoms with Gasteiger partial charge in [0.15, 0.2) is 5.69 Å². The topological polar surface area (TPSA) is 72.2 Å². The van der Waals surface area contributed by atoms with E-state index in [-0.39, 0.29) is 17.8 Å². The third kappa shape index (κ3) is 2.43. The van der Waals surface area contributed by atoms with Crippen LogP contribution in [0.2, 0.25) is 0 Å². The zero-order chi connectivity index (χ0) is 10.6. The van der Waals surface area contributed by atoms with E-state index in [1.54, 1.807) is 0 Å². The Morgan fingerprint density at radius 2 is 2.36 bits per heavy atom. The lowest BCUT2D eigenvalue weighted by molar-refractivity contribution is 0.0687. The molecule has 0 aromatic carbocycles. The Hall–Kier alpha value is -1.62. The summed E-state index contributed by atoms with van der Waals surface area (Å²) in [5, 5.41) is 12.2. The highest BCUT2D eigenvalue weighted by Gasteiger charge is 2.05. The fourth-order valence-electron chi connectivity index (χ4n) is 0.833. The molecular formula is C8H7ClN2O3. The minimum absolute atomic E-state index is 0.156. The largest absolute Gasteiger partial charge is 0.476 e. The number of rotatable bonds is 3. The molecule has 14 heavy (non-hydrogen) atoms. The van der Waals surface area contributed by atoms with Crippen LogP contribution < -0.4 is 5.56 Å². The normalized spacial score (nSPS) is 10.6. The van der Waals surface area contributed by atoms with Crippen molar-refractivity contribution in [2.45, 2.75) is 6.54 Å². The molecule has 1 rings (SSSR count). The van der Waals surface area contributed by atoms with Crippen LogP contribution in [0.1, 0.15) is 10.5 Å². The van der Waals surface area contributed by atoms with Gasteiger partial charge in [0.05, 0.1) is 6.54 Å². The van der Waals surface area contributed by atoms with Gasteiger partial charge in [0.25, 0.3) is 5.56 Å². The Morgan fingerprint density at radius 1 is 1.64 bits per heavy atom. The number of nitrogens with zero attached hydrogens (tertiary/aromatic N) is 2. The Balaban J connectivity index is 3.08. The summed E-state index contributed by atoms with van der Waals surface area (Å²) in [5.41, 5.74) is 0.694. The van der Waals surface area contributed by atoms with Crippen LogP contribution in [-0.2, 0) is 6.54 Å². The van der Waals surface area contributed by atoms with Crippen LogP contribution in [0.5, 0.6) is 0 Å². The zero-order valence-electron chi connectivity index (χ0n) is 7.05. The predicted molar refractivity (Wildman–Crippen MR) is 50.4 cm³/mol. The average molecular weight is 215 g/mol. The molecule has 0 radical (unpaired) electrons. The standard InChI is InChI=1S/C8H7ClN2O3/c9-4-1-5-11-7(12)3-2-6(10-11)8(13)14/h1-4H,5H2,(H,13,14)/b4-1+. The van der Waals surface area contributed by atoms with Crippen molar-refractivity contribution >= 4 is 17.6 Å². The molecule has 0 fully saturated rings. The van der Waals surface area contributed by atoms with E-state index in [4.69, 9.17) is 16.7 Å². The summed E-state index contributed by atoms with van der Waals surface area (Å²) < 4.78 is 1.02. The van der Waals surface area contributed by atoms with Gasteiger partial charge in [-0.25, -0.2) is 9.48 Å². The van der Waals surface area contributed by atoms with E-state index in [1.807, 2.05) is 0 Å². The van der Waals surface area contributed by atoms with Crippen LogP contribution in [-0.4, -0.2) is 20.9 Å². The average Bonchev–Trinajstić information content (AvgIpc) is 2.16. The molecule has 0 unspecified atom stereocenters. The second-order valence-electron chi connectivity index (χ2n) is 2.41. The number of carboxylic acid groups (broad SMARTS) is 1. The maximum absolute atomic E-state index is 11.1. The van der Waals surface area contributed by atoms with E-state index in [2.05, 4.69) is 5.10 Å². The van der Waals surface area contributed by atoms with Gasteiger partial charge in [0.1, 0.15) is 0 Å². The molecule has 5 nitrogen and oxygen atoms in total. The number of aromatic nitrogens is 2. The first-order valence-electron chi connectivity index (χ1n) is 3.72. The predicted octanol–water partition coefficient (Wildman–Crippen LogP) is 0.694. The zero-order valence-corrected chi connectivity index (χ0v) is 7.81. The highest BCUT2D eigenvalue weighted by Crippen LogP contribution is 1.90. The number of carbonyl (C=O) groups is 1. The molecule has 0 atom stereocenters. The molecule has 0 saturated carbocycles. The first-order valence-corrected chi connectivity index (χ1v) is 4.15. The van der Waals surface area contributed by atoms with Gasteiger partial charge >= 0.3 is 5.97 Å². The minimum Gasteiger partial charge on any atom is -0.476 e. The molecule has 0 aliphatic carbocycles. The monoisotopic (exact) mass is 214 g/mol. The second-order valence-corrected chi connectivity index (χ2v) is 2.66. The van der Waals surface area contributed by atoms with Crippen molar-refractivity contribution in [1.82, 2.24) is 9.78 Å². The van der Waals surface area contributed by atoms with Crippen molar-refractivity contribution in [3.05, 3.63) is 39.8 Å². The van der Waals surface area contributed by atoms with Crippen LogP contribution in [0, 0.1) is 0 Å². The van der Waals surface area contributed by atoms with Crippen LogP contribution in [0.3, 0.4) is 0 Å². The minimum atomic E-state index is -1.17. The van der Waals surface area contributed by atoms with Crippen molar-refractivity contribution < 1.29 is 9.90 Å². The van der Waals surface area contributed by atoms with Crippen molar-refractivity contribution in [3.8, 4) is 0 Å². The highest BCUT2D eigenvalue weighted by atomic mass is 35.5. The lowest BCUT2D eigenvalue weighted by Crippen LogP contribution is -2.23. The Bertz CT molecular complexity index is 425. The molecule has 1 aromatic heterocycles. The first kappa shape index (κ1) is 10.5. The summed E-state index contributed by atoms with van der Waals surface area (Å²) in [4.78, 5) is 21.6. The molecule has 0 bridgehead atoms. The van der Waals surface area contributed by atoms with Gasteiger partial charge in [0.2, 0.25) is 0 Å². The number of hydrogen-bond donors (Lipinski definition) is 1. The van der Waals surface area contributed by atoms with Crippen LogP contribution in [0.15, 0.2) is 28.5 Å². The van der Waals surface area contributed by atoms with Gasteiger partial charge in [-0.3, -0.25) is 4.79 Å². The summed E-state index contributed by atoms with van der Waals surface area (Å²) in [7, 11) is 0. The number of aromatic carboxylic acids is 1. The maximum Gasteiger partial charge on any atom is 0.356 e. The fraction of sp³-hybridized carbons (Fsp3) is 0.125. The molecule has 0 aliphatic rings.